The van der Waals surface area contributed by atoms with Crippen molar-refractivity contribution in [3.8, 4) is 21.5 Å². The summed E-state index contributed by atoms with van der Waals surface area (Å²) in [7, 11) is 4.11. The van der Waals surface area contributed by atoms with Crippen LogP contribution >= 0.6 is 11.3 Å². The van der Waals surface area contributed by atoms with E-state index in [0.717, 1.165) is 42.4 Å². The number of aromatic nitrogens is 5. The Balaban J connectivity index is 1.52. The lowest BCUT2D eigenvalue weighted by atomic mass is 10.2. The molecule has 160 valence electrons. The van der Waals surface area contributed by atoms with E-state index in [1.807, 2.05) is 24.3 Å². The third-order valence-corrected chi connectivity index (χ3v) is 5.57. The normalized spacial score (nSPS) is 14.4. The zero-order valence-electron chi connectivity index (χ0n) is 17.2. The minimum Gasteiger partial charge on any atom is -0.493 e. The first kappa shape index (κ1) is 20.5. The smallest absolute Gasteiger partial charge is 0.247 e. The number of nitrogens with zero attached hydrogens (tertiary/aromatic N) is 7. The fourth-order valence-corrected chi connectivity index (χ4v) is 3.93. The van der Waals surface area contributed by atoms with E-state index in [4.69, 9.17) is 15.2 Å². The van der Waals surface area contributed by atoms with Crippen molar-refractivity contribution in [3.63, 3.8) is 0 Å². The van der Waals surface area contributed by atoms with Crippen molar-refractivity contribution in [2.45, 2.75) is 6.42 Å². The summed E-state index contributed by atoms with van der Waals surface area (Å²) in [6.07, 6.45) is 0.947. The van der Waals surface area contributed by atoms with Gasteiger partial charge in [-0.15, -0.1) is 15.3 Å². The third kappa shape index (κ3) is 4.69. The lowest BCUT2D eigenvalue weighted by molar-refractivity contribution is 0.122. The van der Waals surface area contributed by atoms with Crippen molar-refractivity contribution in [3.05, 3.63) is 24.3 Å². The van der Waals surface area contributed by atoms with Crippen LogP contribution in [0.25, 0.3) is 15.7 Å². The molecule has 1 aliphatic heterocycles. The van der Waals surface area contributed by atoms with Gasteiger partial charge in [0.25, 0.3) is 0 Å². The fourth-order valence-electron chi connectivity index (χ4n) is 3.09. The fraction of sp³-hybridized carbons (Fsp3) is 0.474. The maximum Gasteiger partial charge on any atom is 0.247 e. The Morgan fingerprint density at radius 1 is 1.20 bits per heavy atom. The first-order valence-electron chi connectivity index (χ1n) is 9.88. The number of nitrogen functional groups attached to an aromatic ring is 1. The zero-order valence-corrected chi connectivity index (χ0v) is 18.0. The molecule has 0 saturated carbocycles. The van der Waals surface area contributed by atoms with Crippen molar-refractivity contribution in [2.75, 3.05) is 64.2 Å². The summed E-state index contributed by atoms with van der Waals surface area (Å²) in [6, 6.07) is 7.85. The predicted molar refractivity (Wildman–Crippen MR) is 116 cm³/mol. The Morgan fingerprint density at radius 2 is 2.00 bits per heavy atom. The van der Waals surface area contributed by atoms with E-state index in [1.165, 1.54) is 16.0 Å². The third-order valence-electron chi connectivity index (χ3n) is 4.64. The lowest BCUT2D eigenvalue weighted by Gasteiger charge is -2.25. The topological polar surface area (TPSA) is 107 Å². The minimum absolute atomic E-state index is 0.285. The minimum atomic E-state index is 0.285. The Labute approximate surface area is 179 Å². The summed E-state index contributed by atoms with van der Waals surface area (Å²) in [4.78, 5) is 8.57. The molecule has 1 fully saturated rings. The molecule has 1 aliphatic rings. The maximum absolute atomic E-state index is 6.10. The summed E-state index contributed by atoms with van der Waals surface area (Å²) in [6.45, 7) is 4.40. The van der Waals surface area contributed by atoms with E-state index in [2.05, 4.69) is 44.2 Å². The van der Waals surface area contributed by atoms with Crippen molar-refractivity contribution in [2.24, 2.45) is 0 Å². The van der Waals surface area contributed by atoms with E-state index in [0.29, 0.717) is 30.9 Å². The number of ether oxygens (including phenoxy) is 2. The molecule has 10 nitrogen and oxygen atoms in total. The predicted octanol–water partition coefficient (Wildman–Crippen LogP) is 1.54. The Kier molecular flexibility index (Phi) is 6.41. The second-order valence-electron chi connectivity index (χ2n) is 7.17. The molecule has 1 aromatic carbocycles. The van der Waals surface area contributed by atoms with Crippen LogP contribution in [-0.4, -0.2) is 83.4 Å². The molecule has 2 N–H and O–H groups in total. The number of rotatable bonds is 8. The highest BCUT2D eigenvalue weighted by molar-refractivity contribution is 7.17. The molecule has 0 unspecified atom stereocenters. The van der Waals surface area contributed by atoms with Crippen LogP contribution in [0.2, 0.25) is 0 Å². The van der Waals surface area contributed by atoms with Gasteiger partial charge in [-0.1, -0.05) is 23.5 Å². The molecule has 4 rings (SSSR count). The largest absolute Gasteiger partial charge is 0.493 e. The van der Waals surface area contributed by atoms with Crippen molar-refractivity contribution in [1.29, 1.82) is 0 Å². The SMILES string of the molecule is CN(C)CCCOc1ccccc1-c1nnc(-n2nc(N3CCOCC3)nc2N)s1. The van der Waals surface area contributed by atoms with Crippen LogP contribution in [0.5, 0.6) is 5.75 Å². The number of hydrogen-bond donors (Lipinski definition) is 1. The molecule has 0 atom stereocenters. The highest BCUT2D eigenvalue weighted by Gasteiger charge is 2.20. The number of anilines is 2. The van der Waals surface area contributed by atoms with Crippen molar-refractivity contribution >= 4 is 23.2 Å². The van der Waals surface area contributed by atoms with Crippen LogP contribution in [0.15, 0.2) is 24.3 Å². The second-order valence-corrected chi connectivity index (χ2v) is 8.13. The van der Waals surface area contributed by atoms with Gasteiger partial charge in [0, 0.05) is 19.6 Å². The zero-order chi connectivity index (χ0) is 20.9. The first-order valence-corrected chi connectivity index (χ1v) is 10.7. The second kappa shape index (κ2) is 9.37. The van der Waals surface area contributed by atoms with Gasteiger partial charge >= 0.3 is 0 Å². The van der Waals surface area contributed by atoms with Crippen LogP contribution in [0, 0.1) is 0 Å². The van der Waals surface area contributed by atoms with E-state index in [9.17, 15) is 0 Å². The molecule has 0 amide bonds. The summed E-state index contributed by atoms with van der Waals surface area (Å²) in [5, 5.41) is 14.5. The van der Waals surface area contributed by atoms with Gasteiger partial charge in [-0.3, -0.25) is 0 Å². The van der Waals surface area contributed by atoms with E-state index in [-0.39, 0.29) is 5.95 Å². The summed E-state index contributed by atoms with van der Waals surface area (Å²) < 4.78 is 12.9. The lowest BCUT2D eigenvalue weighted by Crippen LogP contribution is -2.37. The molecule has 0 aliphatic carbocycles. The molecular weight excluding hydrogens is 404 g/mol. The Hall–Kier alpha value is -2.76. The monoisotopic (exact) mass is 430 g/mol. The average molecular weight is 431 g/mol. The van der Waals surface area contributed by atoms with E-state index < -0.39 is 0 Å². The van der Waals surface area contributed by atoms with Crippen LogP contribution in [0.3, 0.4) is 0 Å². The average Bonchev–Trinajstić information content (AvgIpc) is 3.39. The van der Waals surface area contributed by atoms with Gasteiger partial charge in [0.1, 0.15) is 5.75 Å². The summed E-state index contributed by atoms with van der Waals surface area (Å²) >= 11 is 1.40. The van der Waals surface area contributed by atoms with Crippen LogP contribution in [0.4, 0.5) is 11.9 Å². The Morgan fingerprint density at radius 3 is 2.80 bits per heavy atom. The van der Waals surface area contributed by atoms with Gasteiger partial charge in [-0.05, 0) is 32.6 Å². The molecule has 0 radical (unpaired) electrons. The van der Waals surface area contributed by atoms with Gasteiger partial charge in [-0.2, -0.15) is 9.67 Å². The van der Waals surface area contributed by atoms with Crippen LogP contribution in [-0.2, 0) is 4.74 Å². The van der Waals surface area contributed by atoms with Gasteiger partial charge in [0.15, 0.2) is 5.01 Å². The number of nitrogens with two attached hydrogens (primary N) is 1. The van der Waals surface area contributed by atoms with Crippen LogP contribution < -0.4 is 15.4 Å². The maximum atomic E-state index is 6.10. The molecule has 30 heavy (non-hydrogen) atoms. The van der Waals surface area contributed by atoms with Gasteiger partial charge in [0.2, 0.25) is 17.0 Å². The first-order chi connectivity index (χ1) is 14.6. The number of morpholine rings is 1. The number of benzene rings is 1. The summed E-state index contributed by atoms with van der Waals surface area (Å²) in [5.41, 5.74) is 7.01. The van der Waals surface area contributed by atoms with Gasteiger partial charge < -0.3 is 25.0 Å². The quantitative estimate of drug-likeness (QED) is 0.532. The van der Waals surface area contributed by atoms with Crippen molar-refractivity contribution < 1.29 is 9.47 Å². The standard InChI is InChI=1S/C19H26N8O2S/c1-25(2)8-5-11-29-15-7-4-3-6-14(15)16-22-23-19(30-16)27-17(20)21-18(24-27)26-9-12-28-13-10-26/h3-4,6-7H,5,8-13H2,1-2H3,(H2,20,21,24). The van der Waals surface area contributed by atoms with Gasteiger partial charge in [-0.25, -0.2) is 0 Å². The summed E-state index contributed by atoms with van der Waals surface area (Å²) in [5.74, 6) is 1.66. The molecule has 0 spiro atoms. The molecule has 2 aromatic heterocycles. The molecule has 3 heterocycles. The molecule has 0 bridgehead atoms. The highest BCUT2D eigenvalue weighted by Crippen LogP contribution is 2.33. The highest BCUT2D eigenvalue weighted by atomic mass is 32.1. The van der Waals surface area contributed by atoms with Crippen LogP contribution in [0.1, 0.15) is 6.42 Å². The number of para-hydroxylation sites is 1. The molecule has 1 saturated heterocycles. The Bertz CT molecular complexity index is 967. The van der Waals surface area contributed by atoms with E-state index >= 15 is 0 Å². The molecule has 11 heteroatoms. The van der Waals surface area contributed by atoms with Gasteiger partial charge in [0.05, 0.1) is 25.4 Å². The van der Waals surface area contributed by atoms with E-state index in [1.54, 1.807) is 0 Å². The molecular formula is C19H26N8O2S. The molecule has 3 aromatic rings. The number of hydrogen-bond acceptors (Lipinski definition) is 10. The van der Waals surface area contributed by atoms with Crippen molar-refractivity contribution in [1.82, 2.24) is 29.9 Å².